The molecule has 2 N–H and O–H groups in total. The molecule has 4 aromatic rings. The van der Waals surface area contributed by atoms with E-state index in [-0.39, 0.29) is 5.82 Å². The number of nitrogens with two attached hydrogens (primary N) is 1. The Hall–Kier alpha value is -3.05. The van der Waals surface area contributed by atoms with E-state index in [0.717, 1.165) is 33.5 Å². The van der Waals surface area contributed by atoms with Gasteiger partial charge in [-0.3, -0.25) is 4.98 Å². The summed E-state index contributed by atoms with van der Waals surface area (Å²) in [6, 6.07) is 18.1. The molecule has 2 aromatic heterocycles. The van der Waals surface area contributed by atoms with Gasteiger partial charge >= 0.3 is 0 Å². The minimum absolute atomic E-state index is 0.306. The first-order valence-electron chi connectivity index (χ1n) is 8.45. The van der Waals surface area contributed by atoms with E-state index in [1.165, 1.54) is 6.07 Å². The van der Waals surface area contributed by atoms with Crippen LogP contribution in [0, 0.1) is 12.7 Å². The van der Waals surface area contributed by atoms with E-state index < -0.39 is 6.04 Å². The lowest BCUT2D eigenvalue weighted by Gasteiger charge is -2.16. The molecule has 0 unspecified atom stereocenters. The lowest BCUT2D eigenvalue weighted by Crippen LogP contribution is -2.16. The third-order valence-corrected chi connectivity index (χ3v) is 4.46. The average Bonchev–Trinajstić information content (AvgIpc) is 3.08. The summed E-state index contributed by atoms with van der Waals surface area (Å²) in [5.74, 6) is -0.338. The number of hydrogen-bond donors (Lipinski definition) is 1. The second-order valence-electron chi connectivity index (χ2n) is 6.31. The van der Waals surface area contributed by atoms with Crippen molar-refractivity contribution in [2.45, 2.75) is 19.4 Å². The van der Waals surface area contributed by atoms with Gasteiger partial charge in [-0.1, -0.05) is 41.6 Å². The van der Waals surface area contributed by atoms with Crippen molar-refractivity contribution in [1.82, 2.24) is 10.1 Å². The summed E-state index contributed by atoms with van der Waals surface area (Å²) in [4.78, 5) is 4.29. The first kappa shape index (κ1) is 16.4. The number of fused-ring (bicyclic) bond motifs is 1. The molecule has 0 radical (unpaired) electrons. The van der Waals surface area contributed by atoms with Crippen molar-refractivity contribution >= 4 is 11.0 Å². The molecule has 4 rings (SSSR count). The number of aromatic nitrogens is 2. The smallest absolute Gasteiger partial charge is 0.167 e. The number of pyridine rings is 1. The molecular formula is C21H18FN3O. The van der Waals surface area contributed by atoms with Crippen LogP contribution in [0.5, 0.6) is 0 Å². The first-order chi connectivity index (χ1) is 12.6. The molecule has 0 fully saturated rings. The van der Waals surface area contributed by atoms with Crippen LogP contribution in [0.2, 0.25) is 0 Å². The standard InChI is InChI=1S/C21H18FN3O/c1-13-10-11-17(22)19(24-13)12-18(23)14-6-2-3-7-15(14)21-16-8-4-5-9-20(16)26-25-21/h2-11,18H,12,23H2,1H3/t18-/m0/s1. The summed E-state index contributed by atoms with van der Waals surface area (Å²) in [6.45, 7) is 1.84. The van der Waals surface area contributed by atoms with E-state index in [0.29, 0.717) is 12.1 Å². The Kier molecular flexibility index (Phi) is 4.22. The molecule has 0 saturated carbocycles. The van der Waals surface area contributed by atoms with Gasteiger partial charge in [-0.2, -0.15) is 0 Å². The van der Waals surface area contributed by atoms with E-state index >= 15 is 0 Å². The van der Waals surface area contributed by atoms with Crippen LogP contribution in [-0.2, 0) is 6.42 Å². The predicted molar refractivity (Wildman–Crippen MR) is 99.0 cm³/mol. The molecule has 0 aliphatic carbocycles. The third-order valence-electron chi connectivity index (χ3n) is 4.46. The summed E-state index contributed by atoms with van der Waals surface area (Å²) in [5, 5.41) is 5.15. The van der Waals surface area contributed by atoms with Crippen molar-refractivity contribution in [3.8, 4) is 11.3 Å². The topological polar surface area (TPSA) is 64.9 Å². The van der Waals surface area contributed by atoms with Crippen LogP contribution in [0.25, 0.3) is 22.2 Å². The highest BCUT2D eigenvalue weighted by Gasteiger charge is 2.19. The van der Waals surface area contributed by atoms with Crippen molar-refractivity contribution in [3.05, 3.63) is 83.4 Å². The molecule has 5 heteroatoms. The van der Waals surface area contributed by atoms with Crippen LogP contribution in [0.1, 0.15) is 23.0 Å². The summed E-state index contributed by atoms with van der Waals surface area (Å²) in [5.41, 5.74) is 10.8. The SMILES string of the molecule is Cc1ccc(F)c(C[C@H](N)c2ccccc2-c2noc3ccccc23)n1. The highest BCUT2D eigenvalue weighted by atomic mass is 19.1. The van der Waals surface area contributed by atoms with Gasteiger partial charge in [0.2, 0.25) is 0 Å². The van der Waals surface area contributed by atoms with Crippen LogP contribution < -0.4 is 5.73 Å². The van der Waals surface area contributed by atoms with Crippen LogP contribution in [0.3, 0.4) is 0 Å². The minimum Gasteiger partial charge on any atom is -0.356 e. The van der Waals surface area contributed by atoms with Crippen molar-refractivity contribution in [2.75, 3.05) is 0 Å². The fraction of sp³-hybridized carbons (Fsp3) is 0.143. The number of para-hydroxylation sites is 1. The maximum Gasteiger partial charge on any atom is 0.167 e. The monoisotopic (exact) mass is 347 g/mol. The van der Waals surface area contributed by atoms with Crippen LogP contribution in [0.15, 0.2) is 65.2 Å². The van der Waals surface area contributed by atoms with Gasteiger partial charge in [0.1, 0.15) is 11.5 Å². The lowest BCUT2D eigenvalue weighted by molar-refractivity contribution is 0.459. The molecule has 0 aliphatic rings. The Morgan fingerprint density at radius 3 is 2.69 bits per heavy atom. The fourth-order valence-electron chi connectivity index (χ4n) is 3.17. The molecule has 130 valence electrons. The Balaban J connectivity index is 1.75. The Bertz CT molecular complexity index is 1070. The molecular weight excluding hydrogens is 329 g/mol. The number of hydrogen-bond acceptors (Lipinski definition) is 4. The molecule has 0 saturated heterocycles. The summed E-state index contributed by atoms with van der Waals surface area (Å²) >= 11 is 0. The maximum atomic E-state index is 14.1. The molecule has 2 heterocycles. The Labute approximate surface area is 150 Å². The number of aryl methyl sites for hydroxylation is 1. The van der Waals surface area contributed by atoms with Gasteiger partial charge in [0.25, 0.3) is 0 Å². The van der Waals surface area contributed by atoms with Gasteiger partial charge in [0.05, 0.1) is 5.69 Å². The van der Waals surface area contributed by atoms with Gasteiger partial charge in [0, 0.05) is 29.1 Å². The summed E-state index contributed by atoms with van der Waals surface area (Å²) in [6.07, 6.45) is 0.306. The molecule has 1 atom stereocenters. The molecule has 26 heavy (non-hydrogen) atoms. The van der Waals surface area contributed by atoms with Crippen molar-refractivity contribution in [3.63, 3.8) is 0 Å². The maximum absolute atomic E-state index is 14.1. The zero-order valence-electron chi connectivity index (χ0n) is 14.3. The van der Waals surface area contributed by atoms with E-state index in [1.807, 2.05) is 55.5 Å². The zero-order valence-corrected chi connectivity index (χ0v) is 14.3. The van der Waals surface area contributed by atoms with Gasteiger partial charge in [-0.05, 0) is 36.8 Å². The second-order valence-corrected chi connectivity index (χ2v) is 6.31. The zero-order chi connectivity index (χ0) is 18.1. The van der Waals surface area contributed by atoms with E-state index in [2.05, 4.69) is 10.1 Å². The summed E-state index contributed by atoms with van der Waals surface area (Å²) < 4.78 is 19.5. The normalized spacial score (nSPS) is 12.4. The van der Waals surface area contributed by atoms with E-state index in [4.69, 9.17) is 10.3 Å². The molecule has 0 aliphatic heterocycles. The summed E-state index contributed by atoms with van der Waals surface area (Å²) in [7, 11) is 0. The molecule has 4 nitrogen and oxygen atoms in total. The average molecular weight is 347 g/mol. The quantitative estimate of drug-likeness (QED) is 0.587. The van der Waals surface area contributed by atoms with Crippen LogP contribution >= 0.6 is 0 Å². The molecule has 2 aromatic carbocycles. The van der Waals surface area contributed by atoms with Crippen molar-refractivity contribution in [2.24, 2.45) is 5.73 Å². The molecule has 0 bridgehead atoms. The third kappa shape index (κ3) is 2.97. The van der Waals surface area contributed by atoms with E-state index in [1.54, 1.807) is 6.07 Å². The van der Waals surface area contributed by atoms with Crippen LogP contribution in [-0.4, -0.2) is 10.1 Å². The van der Waals surface area contributed by atoms with Gasteiger partial charge in [-0.25, -0.2) is 4.39 Å². The number of halogens is 1. The van der Waals surface area contributed by atoms with Gasteiger partial charge < -0.3 is 10.3 Å². The largest absolute Gasteiger partial charge is 0.356 e. The highest BCUT2D eigenvalue weighted by Crippen LogP contribution is 2.33. The predicted octanol–water partition coefficient (Wildman–Crippen LogP) is 4.58. The highest BCUT2D eigenvalue weighted by molar-refractivity contribution is 5.92. The van der Waals surface area contributed by atoms with Crippen molar-refractivity contribution < 1.29 is 8.91 Å². The number of nitrogens with zero attached hydrogens (tertiary/aromatic N) is 2. The van der Waals surface area contributed by atoms with E-state index in [9.17, 15) is 4.39 Å². The van der Waals surface area contributed by atoms with Crippen molar-refractivity contribution in [1.29, 1.82) is 0 Å². The number of rotatable bonds is 4. The number of benzene rings is 2. The molecule has 0 spiro atoms. The fourth-order valence-corrected chi connectivity index (χ4v) is 3.17. The second kappa shape index (κ2) is 6.69. The van der Waals surface area contributed by atoms with Gasteiger partial charge in [0.15, 0.2) is 5.58 Å². The Morgan fingerprint density at radius 2 is 1.81 bits per heavy atom. The Morgan fingerprint density at radius 1 is 1.04 bits per heavy atom. The van der Waals surface area contributed by atoms with Gasteiger partial charge in [-0.15, -0.1) is 0 Å². The first-order valence-corrected chi connectivity index (χ1v) is 8.45. The molecule has 0 amide bonds. The minimum atomic E-state index is -0.412. The lowest BCUT2D eigenvalue weighted by atomic mass is 9.94. The van der Waals surface area contributed by atoms with Crippen LogP contribution in [0.4, 0.5) is 4.39 Å².